The topological polar surface area (TPSA) is 106 Å². The minimum Gasteiger partial charge on any atom is -0.394 e. The van der Waals surface area contributed by atoms with Crippen molar-refractivity contribution in [1.82, 2.24) is 19.5 Å². The maximum Gasteiger partial charge on any atom is 0.182 e. The standard InChI is InChI=1S/C11H13N5O3/c1-12-10-9-11(14-4-13-10)16(5-15-9)8-2-6(18)7(3-17)19-8/h4-8,17-18H,1-3H2/t6?,7-,8-/m1/s1. The molecule has 0 aliphatic carbocycles. The molecule has 0 saturated carbocycles. The molecule has 0 radical (unpaired) electrons. The van der Waals surface area contributed by atoms with Crippen molar-refractivity contribution in [2.45, 2.75) is 24.9 Å². The number of aliphatic imine (C=N–C) groups is 1. The van der Waals surface area contributed by atoms with Crippen molar-refractivity contribution in [2.75, 3.05) is 6.61 Å². The normalized spacial score (nSPS) is 26.9. The van der Waals surface area contributed by atoms with Crippen LogP contribution >= 0.6 is 0 Å². The maximum absolute atomic E-state index is 9.75. The van der Waals surface area contributed by atoms with E-state index >= 15 is 0 Å². The maximum atomic E-state index is 9.75. The molecule has 1 aliphatic rings. The van der Waals surface area contributed by atoms with Gasteiger partial charge in [0.2, 0.25) is 0 Å². The fraction of sp³-hybridized carbons (Fsp3) is 0.455. The number of ether oxygens (including phenoxy) is 1. The van der Waals surface area contributed by atoms with E-state index in [0.29, 0.717) is 23.4 Å². The zero-order chi connectivity index (χ0) is 13.4. The number of aliphatic hydroxyl groups is 2. The lowest BCUT2D eigenvalue weighted by Gasteiger charge is -2.13. The summed E-state index contributed by atoms with van der Waals surface area (Å²) in [6.07, 6.45) is 1.61. The Morgan fingerprint density at radius 2 is 2.32 bits per heavy atom. The molecule has 1 fully saturated rings. The monoisotopic (exact) mass is 263 g/mol. The Kier molecular flexibility index (Phi) is 2.97. The van der Waals surface area contributed by atoms with Crippen molar-refractivity contribution >= 4 is 23.7 Å². The molecule has 0 aromatic carbocycles. The van der Waals surface area contributed by atoms with Gasteiger partial charge >= 0.3 is 0 Å². The molecule has 3 heterocycles. The van der Waals surface area contributed by atoms with E-state index in [4.69, 9.17) is 9.84 Å². The smallest absolute Gasteiger partial charge is 0.182 e. The Morgan fingerprint density at radius 3 is 3.00 bits per heavy atom. The molecule has 0 amide bonds. The second kappa shape index (κ2) is 4.65. The van der Waals surface area contributed by atoms with Gasteiger partial charge in [0.05, 0.1) is 19.0 Å². The van der Waals surface area contributed by atoms with Crippen LogP contribution in [-0.2, 0) is 4.74 Å². The van der Waals surface area contributed by atoms with E-state index in [1.165, 1.54) is 6.33 Å². The second-order valence-electron chi connectivity index (χ2n) is 4.29. The van der Waals surface area contributed by atoms with Crippen LogP contribution in [0.2, 0.25) is 0 Å². The van der Waals surface area contributed by atoms with Crippen molar-refractivity contribution < 1.29 is 14.9 Å². The van der Waals surface area contributed by atoms with Gasteiger partial charge in [-0.2, -0.15) is 0 Å². The highest BCUT2D eigenvalue weighted by Gasteiger charge is 2.35. The van der Waals surface area contributed by atoms with Gasteiger partial charge in [0.15, 0.2) is 17.0 Å². The third-order valence-corrected chi connectivity index (χ3v) is 3.18. The summed E-state index contributed by atoms with van der Waals surface area (Å²) in [5.74, 6) is 0.404. The lowest BCUT2D eigenvalue weighted by Crippen LogP contribution is -2.24. The van der Waals surface area contributed by atoms with Crippen molar-refractivity contribution in [3.63, 3.8) is 0 Å². The van der Waals surface area contributed by atoms with Crippen LogP contribution in [-0.4, -0.2) is 55.3 Å². The van der Waals surface area contributed by atoms with Crippen molar-refractivity contribution in [3.05, 3.63) is 12.7 Å². The van der Waals surface area contributed by atoms with E-state index in [9.17, 15) is 5.11 Å². The van der Waals surface area contributed by atoms with Gasteiger partial charge in [0.25, 0.3) is 0 Å². The van der Waals surface area contributed by atoms with Gasteiger partial charge in [-0.25, -0.2) is 19.9 Å². The molecular weight excluding hydrogens is 250 g/mol. The first-order valence-corrected chi connectivity index (χ1v) is 5.83. The number of imidazole rings is 1. The molecule has 2 N–H and O–H groups in total. The van der Waals surface area contributed by atoms with Crippen molar-refractivity contribution in [1.29, 1.82) is 0 Å². The molecule has 19 heavy (non-hydrogen) atoms. The number of aromatic nitrogens is 4. The first-order valence-electron chi connectivity index (χ1n) is 5.83. The Bertz CT molecular complexity index is 613. The Morgan fingerprint density at radius 1 is 1.47 bits per heavy atom. The molecular formula is C11H13N5O3. The van der Waals surface area contributed by atoms with Gasteiger partial charge in [0, 0.05) is 6.42 Å². The van der Waals surface area contributed by atoms with Crippen LogP contribution in [0.4, 0.5) is 5.82 Å². The van der Waals surface area contributed by atoms with E-state index in [1.807, 2.05) is 0 Å². The van der Waals surface area contributed by atoms with Crippen molar-refractivity contribution in [2.24, 2.45) is 4.99 Å². The summed E-state index contributed by atoms with van der Waals surface area (Å²) in [5, 5.41) is 18.8. The molecule has 0 bridgehead atoms. The zero-order valence-corrected chi connectivity index (χ0v) is 10.0. The van der Waals surface area contributed by atoms with Crippen LogP contribution in [0.3, 0.4) is 0 Å². The molecule has 3 atom stereocenters. The lowest BCUT2D eigenvalue weighted by atomic mass is 10.2. The zero-order valence-electron chi connectivity index (χ0n) is 10.0. The third kappa shape index (κ3) is 1.89. The summed E-state index contributed by atoms with van der Waals surface area (Å²) >= 11 is 0. The van der Waals surface area contributed by atoms with Crippen LogP contribution in [0.25, 0.3) is 11.2 Å². The van der Waals surface area contributed by atoms with Gasteiger partial charge < -0.3 is 14.9 Å². The van der Waals surface area contributed by atoms with Gasteiger partial charge in [-0.1, -0.05) is 0 Å². The molecule has 100 valence electrons. The highest BCUT2D eigenvalue weighted by atomic mass is 16.5. The third-order valence-electron chi connectivity index (χ3n) is 3.18. The predicted octanol–water partition coefficient (Wildman–Crippen LogP) is -0.201. The number of hydrogen-bond acceptors (Lipinski definition) is 7. The largest absolute Gasteiger partial charge is 0.394 e. The average Bonchev–Trinajstić information content (AvgIpc) is 3.01. The predicted molar refractivity (Wildman–Crippen MR) is 66.2 cm³/mol. The molecule has 1 aliphatic heterocycles. The number of hydrogen-bond donors (Lipinski definition) is 2. The summed E-state index contributed by atoms with van der Waals surface area (Å²) in [6.45, 7) is 3.21. The summed E-state index contributed by atoms with van der Waals surface area (Å²) in [4.78, 5) is 16.1. The van der Waals surface area contributed by atoms with Crippen LogP contribution < -0.4 is 0 Å². The quantitative estimate of drug-likeness (QED) is 0.743. The molecule has 3 rings (SSSR count). The first kappa shape index (κ1) is 12.2. The van der Waals surface area contributed by atoms with Gasteiger partial charge in [-0.05, 0) is 6.72 Å². The Labute approximate surface area is 108 Å². The molecule has 2 aromatic heterocycles. The van der Waals surface area contributed by atoms with Gasteiger partial charge in [-0.3, -0.25) is 4.57 Å². The number of rotatable bonds is 3. The van der Waals surface area contributed by atoms with E-state index in [0.717, 1.165) is 0 Å². The summed E-state index contributed by atoms with van der Waals surface area (Å²) in [5.41, 5.74) is 1.09. The minimum atomic E-state index is -0.703. The summed E-state index contributed by atoms with van der Waals surface area (Å²) < 4.78 is 7.26. The van der Waals surface area contributed by atoms with Crippen LogP contribution in [0.1, 0.15) is 12.6 Å². The van der Waals surface area contributed by atoms with Gasteiger partial charge in [-0.15, -0.1) is 0 Å². The number of aliphatic hydroxyl groups excluding tert-OH is 2. The van der Waals surface area contributed by atoms with E-state index < -0.39 is 18.4 Å². The molecule has 1 saturated heterocycles. The number of fused-ring (bicyclic) bond motifs is 1. The van der Waals surface area contributed by atoms with Gasteiger partial charge in [0.1, 0.15) is 18.7 Å². The molecule has 0 spiro atoms. The van der Waals surface area contributed by atoms with E-state index in [-0.39, 0.29) is 6.61 Å². The van der Waals surface area contributed by atoms with E-state index in [1.54, 1.807) is 10.9 Å². The van der Waals surface area contributed by atoms with E-state index in [2.05, 4.69) is 26.7 Å². The highest BCUT2D eigenvalue weighted by molar-refractivity contribution is 5.81. The SMILES string of the molecule is C=Nc1ncnc2c1ncn2[C@H]1CC(O)[C@@H](CO)O1. The summed E-state index contributed by atoms with van der Waals surface area (Å²) in [6, 6.07) is 0. The van der Waals surface area contributed by atoms with Crippen LogP contribution in [0.5, 0.6) is 0 Å². The van der Waals surface area contributed by atoms with Crippen LogP contribution in [0.15, 0.2) is 17.6 Å². The fourth-order valence-electron chi connectivity index (χ4n) is 2.22. The van der Waals surface area contributed by atoms with Crippen LogP contribution in [0, 0.1) is 0 Å². The highest BCUT2D eigenvalue weighted by Crippen LogP contribution is 2.31. The minimum absolute atomic E-state index is 0.223. The lowest BCUT2D eigenvalue weighted by molar-refractivity contribution is -0.0432. The van der Waals surface area contributed by atoms with Crippen molar-refractivity contribution in [3.8, 4) is 0 Å². The molecule has 8 nitrogen and oxygen atoms in total. The average molecular weight is 263 g/mol. The summed E-state index contributed by atoms with van der Waals surface area (Å²) in [7, 11) is 0. The fourth-order valence-corrected chi connectivity index (χ4v) is 2.22. The molecule has 2 aromatic rings. The second-order valence-corrected chi connectivity index (χ2v) is 4.29. The molecule has 8 heteroatoms. The number of nitrogens with zero attached hydrogens (tertiary/aromatic N) is 5. The Hall–Kier alpha value is -1.90. The molecule has 1 unspecified atom stereocenters. The Balaban J connectivity index is 2.00. The first-order chi connectivity index (χ1) is 9.24.